The van der Waals surface area contributed by atoms with Crippen LogP contribution >= 0.6 is 11.6 Å². The highest BCUT2D eigenvalue weighted by Crippen LogP contribution is 2.26. The topological polar surface area (TPSA) is 38.1 Å². The van der Waals surface area contributed by atoms with Gasteiger partial charge < -0.3 is 4.90 Å². The number of aryl methyl sites for hydroxylation is 1. The van der Waals surface area contributed by atoms with E-state index in [1.807, 2.05) is 17.7 Å². The van der Waals surface area contributed by atoms with Crippen molar-refractivity contribution in [2.24, 2.45) is 0 Å². The molecule has 0 spiro atoms. The molecule has 0 aliphatic carbocycles. The maximum Gasteiger partial charge on any atom is 0.254 e. The first kappa shape index (κ1) is 16.8. The third-order valence-corrected chi connectivity index (χ3v) is 5.10. The molecule has 132 valence electrons. The van der Waals surface area contributed by atoms with E-state index < -0.39 is 0 Å². The summed E-state index contributed by atoms with van der Waals surface area (Å²) in [5.41, 5.74) is 4.55. The minimum absolute atomic E-state index is 0.0450. The van der Waals surface area contributed by atoms with E-state index in [-0.39, 0.29) is 11.7 Å². The van der Waals surface area contributed by atoms with E-state index in [0.29, 0.717) is 30.2 Å². The summed E-state index contributed by atoms with van der Waals surface area (Å²) in [5, 5.41) is 5.00. The lowest BCUT2D eigenvalue weighted by atomic mass is 10.1. The lowest BCUT2D eigenvalue weighted by Gasteiger charge is -2.17. The van der Waals surface area contributed by atoms with Crippen molar-refractivity contribution in [1.29, 1.82) is 0 Å². The van der Waals surface area contributed by atoms with Gasteiger partial charge in [0.15, 0.2) is 0 Å². The molecule has 1 aliphatic rings. The number of halogens is 2. The Morgan fingerprint density at radius 3 is 2.69 bits per heavy atom. The molecule has 0 saturated heterocycles. The fourth-order valence-electron chi connectivity index (χ4n) is 3.16. The zero-order chi connectivity index (χ0) is 18.3. The van der Waals surface area contributed by atoms with E-state index in [1.165, 1.54) is 12.1 Å². The van der Waals surface area contributed by atoms with Crippen LogP contribution in [0.4, 0.5) is 4.39 Å². The molecule has 3 aromatic rings. The van der Waals surface area contributed by atoms with Crippen molar-refractivity contribution in [2.75, 3.05) is 0 Å². The summed E-state index contributed by atoms with van der Waals surface area (Å²) in [6.07, 6.45) is 1.80. The second-order valence-corrected chi connectivity index (χ2v) is 6.93. The Labute approximate surface area is 155 Å². The zero-order valence-corrected chi connectivity index (χ0v) is 15.0. The van der Waals surface area contributed by atoms with Gasteiger partial charge in [-0.1, -0.05) is 29.8 Å². The van der Waals surface area contributed by atoms with Gasteiger partial charge in [0.05, 0.1) is 25.0 Å². The van der Waals surface area contributed by atoms with Crippen LogP contribution in [0.1, 0.15) is 32.7 Å². The number of rotatable bonds is 3. The predicted molar refractivity (Wildman–Crippen MR) is 97.5 cm³/mol. The predicted octanol–water partition coefficient (Wildman–Crippen LogP) is 4.19. The van der Waals surface area contributed by atoms with E-state index in [2.05, 4.69) is 5.10 Å². The SMILES string of the molecule is Cc1ccc(C(=O)N2Cc3cnn(Cc4ccc(F)cc4)c3C2)cc1Cl. The van der Waals surface area contributed by atoms with Crippen molar-refractivity contribution in [2.45, 2.75) is 26.6 Å². The van der Waals surface area contributed by atoms with Crippen LogP contribution in [0.25, 0.3) is 0 Å². The smallest absolute Gasteiger partial charge is 0.254 e. The number of hydrogen-bond acceptors (Lipinski definition) is 2. The third-order valence-electron chi connectivity index (χ3n) is 4.69. The Hall–Kier alpha value is -2.66. The molecule has 1 amide bonds. The molecule has 4 nitrogen and oxygen atoms in total. The van der Waals surface area contributed by atoms with Crippen molar-refractivity contribution < 1.29 is 9.18 Å². The molecule has 1 aromatic heterocycles. The number of nitrogens with zero attached hydrogens (tertiary/aromatic N) is 3. The zero-order valence-electron chi connectivity index (χ0n) is 14.2. The average molecular weight is 370 g/mol. The number of amides is 1. The minimum atomic E-state index is -0.257. The molecule has 4 rings (SSSR count). The number of hydrogen-bond donors (Lipinski definition) is 0. The highest BCUT2D eigenvalue weighted by Gasteiger charge is 2.28. The highest BCUT2D eigenvalue weighted by molar-refractivity contribution is 6.31. The first-order chi connectivity index (χ1) is 12.5. The van der Waals surface area contributed by atoms with E-state index in [4.69, 9.17) is 11.6 Å². The monoisotopic (exact) mass is 369 g/mol. The van der Waals surface area contributed by atoms with E-state index in [1.54, 1.807) is 35.4 Å². The molecule has 0 unspecified atom stereocenters. The number of carbonyl (C=O) groups excluding carboxylic acids is 1. The molecule has 26 heavy (non-hydrogen) atoms. The maximum atomic E-state index is 13.1. The van der Waals surface area contributed by atoms with Crippen molar-refractivity contribution in [1.82, 2.24) is 14.7 Å². The summed E-state index contributed by atoms with van der Waals surface area (Å²) in [4.78, 5) is 14.6. The number of carbonyl (C=O) groups is 1. The molecule has 0 saturated carbocycles. The van der Waals surface area contributed by atoms with Gasteiger partial charge in [-0.2, -0.15) is 5.10 Å². The van der Waals surface area contributed by atoms with Gasteiger partial charge in [-0.15, -0.1) is 0 Å². The van der Waals surface area contributed by atoms with Gasteiger partial charge >= 0.3 is 0 Å². The molecular formula is C20H17ClFN3O. The lowest BCUT2D eigenvalue weighted by molar-refractivity contribution is 0.0748. The molecule has 1 aliphatic heterocycles. The molecule has 0 N–H and O–H groups in total. The first-order valence-electron chi connectivity index (χ1n) is 8.34. The standard InChI is InChI=1S/C20H17ClFN3O/c1-13-2-5-15(8-18(13)21)20(26)24-11-16-9-23-25(19(16)12-24)10-14-3-6-17(22)7-4-14/h2-9H,10-12H2,1H3. The maximum absolute atomic E-state index is 13.1. The molecule has 6 heteroatoms. The van der Waals surface area contributed by atoms with E-state index in [0.717, 1.165) is 22.4 Å². The largest absolute Gasteiger partial charge is 0.328 e. The van der Waals surface area contributed by atoms with Gasteiger partial charge in [0.1, 0.15) is 5.82 Å². The third kappa shape index (κ3) is 3.10. The molecule has 0 radical (unpaired) electrons. The summed E-state index contributed by atoms with van der Waals surface area (Å²) in [5.74, 6) is -0.301. The van der Waals surface area contributed by atoms with Crippen LogP contribution in [0.5, 0.6) is 0 Å². The molecule has 2 heterocycles. The highest BCUT2D eigenvalue weighted by atomic mass is 35.5. The summed E-state index contributed by atoms with van der Waals surface area (Å²) in [7, 11) is 0. The Morgan fingerprint density at radius 2 is 1.96 bits per heavy atom. The molecule has 0 atom stereocenters. The van der Waals surface area contributed by atoms with Gasteiger partial charge in [-0.05, 0) is 42.3 Å². The van der Waals surface area contributed by atoms with Crippen molar-refractivity contribution >= 4 is 17.5 Å². The first-order valence-corrected chi connectivity index (χ1v) is 8.72. The normalized spacial score (nSPS) is 13.1. The fourth-order valence-corrected chi connectivity index (χ4v) is 3.34. The Kier molecular flexibility index (Phi) is 4.24. The van der Waals surface area contributed by atoms with Crippen molar-refractivity contribution in [3.05, 3.63) is 87.4 Å². The quantitative estimate of drug-likeness (QED) is 0.694. The average Bonchev–Trinajstić information content (AvgIpc) is 3.20. The van der Waals surface area contributed by atoms with Crippen LogP contribution in [-0.4, -0.2) is 20.6 Å². The molecule has 0 fully saturated rings. The van der Waals surface area contributed by atoms with Gasteiger partial charge in [0.2, 0.25) is 0 Å². The second-order valence-electron chi connectivity index (χ2n) is 6.53. The molecule has 2 aromatic carbocycles. The van der Waals surface area contributed by atoms with Crippen LogP contribution in [0.3, 0.4) is 0 Å². The van der Waals surface area contributed by atoms with Crippen LogP contribution in [0, 0.1) is 12.7 Å². The second kappa shape index (κ2) is 6.57. The Morgan fingerprint density at radius 1 is 1.19 bits per heavy atom. The fraction of sp³-hybridized carbons (Fsp3) is 0.200. The van der Waals surface area contributed by atoms with Gasteiger partial charge in [0, 0.05) is 22.7 Å². The van der Waals surface area contributed by atoms with Crippen LogP contribution in [-0.2, 0) is 19.6 Å². The Balaban J connectivity index is 1.52. The number of aromatic nitrogens is 2. The minimum Gasteiger partial charge on any atom is -0.328 e. The van der Waals surface area contributed by atoms with Gasteiger partial charge in [-0.25, -0.2) is 4.39 Å². The van der Waals surface area contributed by atoms with Crippen molar-refractivity contribution in [3.63, 3.8) is 0 Å². The van der Waals surface area contributed by atoms with Gasteiger partial charge in [0.25, 0.3) is 5.91 Å². The van der Waals surface area contributed by atoms with Gasteiger partial charge in [-0.3, -0.25) is 9.48 Å². The van der Waals surface area contributed by atoms with E-state index in [9.17, 15) is 9.18 Å². The molecule has 0 bridgehead atoms. The van der Waals surface area contributed by atoms with Crippen molar-refractivity contribution in [3.8, 4) is 0 Å². The summed E-state index contributed by atoms with van der Waals surface area (Å²) >= 11 is 6.15. The number of benzene rings is 2. The van der Waals surface area contributed by atoms with Crippen LogP contribution in [0.2, 0.25) is 5.02 Å². The van der Waals surface area contributed by atoms with Crippen LogP contribution in [0.15, 0.2) is 48.7 Å². The Bertz CT molecular complexity index is 981. The molecular weight excluding hydrogens is 353 g/mol. The lowest BCUT2D eigenvalue weighted by Crippen LogP contribution is -2.26. The summed E-state index contributed by atoms with van der Waals surface area (Å²) < 4.78 is 14.9. The summed E-state index contributed by atoms with van der Waals surface area (Å²) in [6.45, 7) is 3.49. The summed E-state index contributed by atoms with van der Waals surface area (Å²) in [6, 6.07) is 11.7. The van der Waals surface area contributed by atoms with E-state index >= 15 is 0 Å². The number of fused-ring (bicyclic) bond motifs is 1. The van der Waals surface area contributed by atoms with Crippen LogP contribution < -0.4 is 0 Å².